The standard InChI is InChI=1S/C12H13N3/c13-10-5-3-9(4-6-10)11-8-14-12-2-1-7-15(11)12/h3-6,8H,1-2,7,13H2. The zero-order valence-electron chi connectivity index (χ0n) is 8.48. The van der Waals surface area contributed by atoms with Gasteiger partial charge in [0.2, 0.25) is 0 Å². The van der Waals surface area contributed by atoms with Gasteiger partial charge in [0.1, 0.15) is 5.82 Å². The van der Waals surface area contributed by atoms with E-state index in [2.05, 4.69) is 21.7 Å². The van der Waals surface area contributed by atoms with Gasteiger partial charge >= 0.3 is 0 Å². The van der Waals surface area contributed by atoms with Gasteiger partial charge in [0.05, 0.1) is 11.9 Å². The van der Waals surface area contributed by atoms with Crippen LogP contribution in [-0.2, 0) is 13.0 Å². The molecule has 0 amide bonds. The van der Waals surface area contributed by atoms with E-state index in [1.165, 1.54) is 23.5 Å². The van der Waals surface area contributed by atoms with Gasteiger partial charge < -0.3 is 10.3 Å². The summed E-state index contributed by atoms with van der Waals surface area (Å²) >= 11 is 0. The van der Waals surface area contributed by atoms with Gasteiger partial charge in [-0.15, -0.1) is 0 Å². The summed E-state index contributed by atoms with van der Waals surface area (Å²) in [6, 6.07) is 7.98. The van der Waals surface area contributed by atoms with E-state index in [0.717, 1.165) is 18.7 Å². The van der Waals surface area contributed by atoms with Crippen LogP contribution in [0, 0.1) is 0 Å². The Kier molecular flexibility index (Phi) is 1.78. The molecule has 0 atom stereocenters. The summed E-state index contributed by atoms with van der Waals surface area (Å²) < 4.78 is 2.30. The average Bonchev–Trinajstić information content (AvgIpc) is 2.80. The minimum Gasteiger partial charge on any atom is -0.399 e. The molecule has 0 saturated carbocycles. The van der Waals surface area contributed by atoms with E-state index < -0.39 is 0 Å². The fourth-order valence-electron chi connectivity index (χ4n) is 2.14. The van der Waals surface area contributed by atoms with Crippen LogP contribution in [0.3, 0.4) is 0 Å². The Morgan fingerprint density at radius 1 is 1.20 bits per heavy atom. The predicted octanol–water partition coefficient (Wildman–Crippen LogP) is 2.08. The molecule has 2 heterocycles. The number of fused-ring (bicyclic) bond motifs is 1. The van der Waals surface area contributed by atoms with Crippen LogP contribution >= 0.6 is 0 Å². The molecule has 15 heavy (non-hydrogen) atoms. The maximum Gasteiger partial charge on any atom is 0.109 e. The molecule has 0 aliphatic carbocycles. The Morgan fingerprint density at radius 2 is 2.00 bits per heavy atom. The molecular weight excluding hydrogens is 186 g/mol. The highest BCUT2D eigenvalue weighted by Crippen LogP contribution is 2.25. The molecular formula is C12H13N3. The van der Waals surface area contributed by atoms with Crippen molar-refractivity contribution in [2.45, 2.75) is 19.4 Å². The number of aryl methyl sites for hydroxylation is 1. The molecule has 0 fully saturated rings. The first-order chi connectivity index (χ1) is 7.34. The summed E-state index contributed by atoms with van der Waals surface area (Å²) in [4.78, 5) is 4.43. The first kappa shape index (κ1) is 8.53. The van der Waals surface area contributed by atoms with Crippen molar-refractivity contribution >= 4 is 5.69 Å². The van der Waals surface area contributed by atoms with Crippen molar-refractivity contribution in [2.24, 2.45) is 0 Å². The number of nitrogens with two attached hydrogens (primary N) is 1. The quantitative estimate of drug-likeness (QED) is 0.714. The second-order valence-electron chi connectivity index (χ2n) is 3.94. The van der Waals surface area contributed by atoms with E-state index in [1.54, 1.807) is 0 Å². The summed E-state index contributed by atoms with van der Waals surface area (Å²) in [5.41, 5.74) is 8.89. The molecule has 3 nitrogen and oxygen atoms in total. The predicted molar refractivity (Wildman–Crippen MR) is 60.4 cm³/mol. The third-order valence-corrected chi connectivity index (χ3v) is 2.93. The minimum absolute atomic E-state index is 0.805. The number of imidazole rings is 1. The van der Waals surface area contributed by atoms with Gasteiger partial charge in [-0.3, -0.25) is 0 Å². The molecule has 0 bridgehead atoms. The normalized spacial score (nSPS) is 14.1. The Morgan fingerprint density at radius 3 is 2.80 bits per heavy atom. The summed E-state index contributed by atoms with van der Waals surface area (Å²) in [5, 5.41) is 0. The van der Waals surface area contributed by atoms with Crippen molar-refractivity contribution in [3.8, 4) is 11.3 Å². The lowest BCUT2D eigenvalue weighted by atomic mass is 10.1. The maximum absolute atomic E-state index is 5.67. The van der Waals surface area contributed by atoms with Crippen LogP contribution in [0.25, 0.3) is 11.3 Å². The molecule has 3 heteroatoms. The maximum atomic E-state index is 5.67. The summed E-state index contributed by atoms with van der Waals surface area (Å²) in [5.74, 6) is 1.21. The van der Waals surface area contributed by atoms with E-state index in [1.807, 2.05) is 18.3 Å². The molecule has 1 aliphatic heterocycles. The molecule has 0 radical (unpaired) electrons. The van der Waals surface area contributed by atoms with E-state index in [4.69, 9.17) is 5.73 Å². The van der Waals surface area contributed by atoms with E-state index >= 15 is 0 Å². The van der Waals surface area contributed by atoms with Gasteiger partial charge in [0.15, 0.2) is 0 Å². The number of hydrogen-bond donors (Lipinski definition) is 1. The molecule has 76 valence electrons. The number of hydrogen-bond acceptors (Lipinski definition) is 2. The summed E-state index contributed by atoms with van der Waals surface area (Å²) in [7, 11) is 0. The molecule has 1 aliphatic rings. The molecule has 0 saturated heterocycles. The fraction of sp³-hybridized carbons (Fsp3) is 0.250. The molecule has 3 rings (SSSR count). The topological polar surface area (TPSA) is 43.8 Å². The van der Waals surface area contributed by atoms with Crippen molar-refractivity contribution in [1.29, 1.82) is 0 Å². The van der Waals surface area contributed by atoms with Crippen LogP contribution in [0.4, 0.5) is 5.69 Å². The van der Waals surface area contributed by atoms with E-state index in [0.29, 0.717) is 0 Å². The Hall–Kier alpha value is -1.77. The lowest BCUT2D eigenvalue weighted by Crippen LogP contribution is -1.95. The molecule has 2 aromatic rings. The molecule has 0 spiro atoms. The first-order valence-corrected chi connectivity index (χ1v) is 5.25. The van der Waals surface area contributed by atoms with Crippen LogP contribution in [0.1, 0.15) is 12.2 Å². The van der Waals surface area contributed by atoms with Crippen LogP contribution in [0.15, 0.2) is 30.5 Å². The molecule has 2 N–H and O–H groups in total. The van der Waals surface area contributed by atoms with Crippen molar-refractivity contribution in [2.75, 3.05) is 5.73 Å². The number of anilines is 1. The van der Waals surface area contributed by atoms with Gasteiger partial charge in [-0.25, -0.2) is 4.98 Å². The third-order valence-electron chi connectivity index (χ3n) is 2.93. The van der Waals surface area contributed by atoms with Crippen LogP contribution in [0.2, 0.25) is 0 Å². The fourth-order valence-corrected chi connectivity index (χ4v) is 2.14. The zero-order valence-corrected chi connectivity index (χ0v) is 8.48. The van der Waals surface area contributed by atoms with Crippen molar-refractivity contribution in [3.05, 3.63) is 36.3 Å². The molecule has 1 aromatic heterocycles. The van der Waals surface area contributed by atoms with Gasteiger partial charge in [-0.1, -0.05) is 12.1 Å². The highest BCUT2D eigenvalue weighted by molar-refractivity contribution is 5.62. The highest BCUT2D eigenvalue weighted by atomic mass is 15.1. The second kappa shape index (κ2) is 3.12. The number of rotatable bonds is 1. The van der Waals surface area contributed by atoms with E-state index in [9.17, 15) is 0 Å². The van der Waals surface area contributed by atoms with Gasteiger partial charge in [-0.05, 0) is 24.1 Å². The molecule has 1 aromatic carbocycles. The smallest absolute Gasteiger partial charge is 0.109 e. The average molecular weight is 199 g/mol. The zero-order chi connectivity index (χ0) is 10.3. The van der Waals surface area contributed by atoms with Crippen LogP contribution < -0.4 is 5.73 Å². The minimum atomic E-state index is 0.805. The van der Waals surface area contributed by atoms with Gasteiger partial charge in [0.25, 0.3) is 0 Å². The second-order valence-corrected chi connectivity index (χ2v) is 3.94. The van der Waals surface area contributed by atoms with Crippen molar-refractivity contribution in [3.63, 3.8) is 0 Å². The Balaban J connectivity index is 2.09. The van der Waals surface area contributed by atoms with E-state index in [-0.39, 0.29) is 0 Å². The first-order valence-electron chi connectivity index (χ1n) is 5.25. The summed E-state index contributed by atoms with van der Waals surface area (Å²) in [6.45, 7) is 1.09. The Bertz CT molecular complexity index is 482. The number of nitrogens with zero attached hydrogens (tertiary/aromatic N) is 2. The number of aromatic nitrogens is 2. The summed E-state index contributed by atoms with van der Waals surface area (Å²) in [6.07, 6.45) is 4.28. The van der Waals surface area contributed by atoms with Gasteiger partial charge in [0, 0.05) is 18.7 Å². The third kappa shape index (κ3) is 1.31. The highest BCUT2D eigenvalue weighted by Gasteiger charge is 2.15. The van der Waals surface area contributed by atoms with Crippen molar-refractivity contribution < 1.29 is 0 Å². The lowest BCUT2D eigenvalue weighted by molar-refractivity contribution is 0.756. The molecule has 0 unspecified atom stereocenters. The van der Waals surface area contributed by atoms with Crippen LogP contribution in [-0.4, -0.2) is 9.55 Å². The van der Waals surface area contributed by atoms with Crippen LogP contribution in [0.5, 0.6) is 0 Å². The lowest BCUT2D eigenvalue weighted by Gasteiger charge is -2.04. The number of benzene rings is 1. The monoisotopic (exact) mass is 199 g/mol. The number of nitrogen functional groups attached to an aromatic ring is 1. The van der Waals surface area contributed by atoms with Gasteiger partial charge in [-0.2, -0.15) is 0 Å². The SMILES string of the molecule is Nc1ccc(-c2cnc3n2CCC3)cc1. The van der Waals surface area contributed by atoms with Crippen molar-refractivity contribution in [1.82, 2.24) is 9.55 Å². The largest absolute Gasteiger partial charge is 0.399 e. The Labute approximate surface area is 88.6 Å².